The van der Waals surface area contributed by atoms with Crippen molar-refractivity contribution in [3.05, 3.63) is 69.2 Å². The van der Waals surface area contributed by atoms with E-state index in [1.54, 1.807) is 6.07 Å². The number of benzene rings is 2. The molecule has 0 spiro atoms. The van der Waals surface area contributed by atoms with Gasteiger partial charge in [-0.05, 0) is 48.7 Å². The standard InChI is InChI=1S/C24H28Cl2N2O/c1-23(2)16-27(3)24(28-12-6-7-13-28,19-9-5-4-8-18(19)23)22(29)15-17-10-11-20(25)21(26)14-17/h4-5,8-11,14H,6-7,12-13,15-16H2,1-3H3. The maximum Gasteiger partial charge on any atom is 0.176 e. The summed E-state index contributed by atoms with van der Waals surface area (Å²) in [7, 11) is 2.10. The van der Waals surface area contributed by atoms with Crippen LogP contribution < -0.4 is 0 Å². The van der Waals surface area contributed by atoms with Crippen molar-refractivity contribution >= 4 is 29.0 Å². The molecule has 0 aliphatic carbocycles. The minimum absolute atomic E-state index is 0.0154. The molecule has 2 aliphatic rings. The molecule has 0 N–H and O–H groups in total. The third-order valence-corrected chi connectivity index (χ3v) is 7.26. The van der Waals surface area contributed by atoms with Gasteiger partial charge < -0.3 is 0 Å². The fraction of sp³-hybridized carbons (Fsp3) is 0.458. The number of carbonyl (C=O) groups is 1. The lowest BCUT2D eigenvalue weighted by Gasteiger charge is -2.54. The number of fused-ring (bicyclic) bond motifs is 1. The molecule has 1 unspecified atom stereocenters. The largest absolute Gasteiger partial charge is 0.295 e. The maximum absolute atomic E-state index is 14.1. The van der Waals surface area contributed by atoms with Crippen LogP contribution in [0.15, 0.2) is 42.5 Å². The Hall–Kier alpha value is -1.39. The van der Waals surface area contributed by atoms with Crippen LogP contribution in [0.25, 0.3) is 0 Å². The van der Waals surface area contributed by atoms with E-state index in [2.05, 4.69) is 55.0 Å². The molecule has 0 bridgehead atoms. The molecule has 2 heterocycles. The first-order valence-electron chi connectivity index (χ1n) is 10.3. The van der Waals surface area contributed by atoms with Gasteiger partial charge in [-0.2, -0.15) is 0 Å². The highest BCUT2D eigenvalue weighted by Gasteiger charge is 2.54. The lowest BCUT2D eigenvalue weighted by atomic mass is 9.71. The first-order chi connectivity index (χ1) is 13.8. The van der Waals surface area contributed by atoms with Crippen LogP contribution in [0.2, 0.25) is 10.0 Å². The van der Waals surface area contributed by atoms with Crippen LogP contribution in [-0.4, -0.2) is 42.3 Å². The first-order valence-corrected chi connectivity index (χ1v) is 11.1. The van der Waals surface area contributed by atoms with Gasteiger partial charge in [0.2, 0.25) is 0 Å². The van der Waals surface area contributed by atoms with Crippen LogP contribution in [0.4, 0.5) is 0 Å². The number of hydrogen-bond donors (Lipinski definition) is 0. The Balaban J connectivity index is 1.85. The van der Waals surface area contributed by atoms with E-state index in [-0.39, 0.29) is 11.2 Å². The van der Waals surface area contributed by atoms with E-state index in [1.807, 2.05) is 12.1 Å². The van der Waals surface area contributed by atoms with Crippen molar-refractivity contribution in [2.45, 2.75) is 44.2 Å². The van der Waals surface area contributed by atoms with Crippen molar-refractivity contribution in [3.63, 3.8) is 0 Å². The summed E-state index contributed by atoms with van der Waals surface area (Å²) < 4.78 is 0. The summed E-state index contributed by atoms with van der Waals surface area (Å²) in [6.45, 7) is 7.23. The molecule has 2 aliphatic heterocycles. The fourth-order valence-electron chi connectivity index (χ4n) is 5.33. The van der Waals surface area contributed by atoms with Gasteiger partial charge in [-0.15, -0.1) is 0 Å². The van der Waals surface area contributed by atoms with E-state index >= 15 is 0 Å². The van der Waals surface area contributed by atoms with E-state index in [9.17, 15) is 4.79 Å². The number of hydrogen-bond acceptors (Lipinski definition) is 3. The quantitative estimate of drug-likeness (QED) is 0.659. The minimum Gasteiger partial charge on any atom is -0.295 e. The number of Topliss-reactive ketones (excluding diaryl/α,β-unsaturated/α-hetero) is 1. The van der Waals surface area contributed by atoms with E-state index < -0.39 is 5.66 Å². The van der Waals surface area contributed by atoms with Gasteiger partial charge in [0.1, 0.15) is 0 Å². The molecule has 29 heavy (non-hydrogen) atoms. The monoisotopic (exact) mass is 430 g/mol. The van der Waals surface area contributed by atoms with Gasteiger partial charge in [0.15, 0.2) is 11.4 Å². The molecule has 0 saturated carbocycles. The number of rotatable bonds is 4. The molecule has 2 aromatic carbocycles. The van der Waals surface area contributed by atoms with Crippen LogP contribution in [0.5, 0.6) is 0 Å². The van der Waals surface area contributed by atoms with Crippen molar-refractivity contribution in [1.29, 1.82) is 0 Å². The number of likely N-dealkylation sites (N-methyl/N-ethyl adjacent to an activating group) is 1. The van der Waals surface area contributed by atoms with E-state index in [0.29, 0.717) is 16.5 Å². The van der Waals surface area contributed by atoms with E-state index in [1.165, 1.54) is 5.56 Å². The molecule has 2 aromatic rings. The molecule has 0 amide bonds. The third kappa shape index (κ3) is 3.42. The first kappa shape index (κ1) is 20.9. The van der Waals surface area contributed by atoms with E-state index in [4.69, 9.17) is 23.2 Å². The van der Waals surface area contributed by atoms with Gasteiger partial charge in [-0.3, -0.25) is 14.6 Å². The molecule has 3 nitrogen and oxygen atoms in total. The van der Waals surface area contributed by atoms with Crippen molar-refractivity contribution in [3.8, 4) is 0 Å². The lowest BCUT2D eigenvalue weighted by molar-refractivity contribution is -0.148. The molecule has 0 aromatic heterocycles. The molecule has 1 saturated heterocycles. The second-order valence-corrected chi connectivity index (χ2v) is 9.81. The Morgan fingerprint density at radius 3 is 2.31 bits per heavy atom. The van der Waals surface area contributed by atoms with Crippen molar-refractivity contribution in [2.75, 3.05) is 26.7 Å². The maximum atomic E-state index is 14.1. The zero-order valence-corrected chi connectivity index (χ0v) is 18.9. The summed E-state index contributed by atoms with van der Waals surface area (Å²) in [4.78, 5) is 18.8. The summed E-state index contributed by atoms with van der Waals surface area (Å²) in [5.41, 5.74) is 2.55. The van der Waals surface area contributed by atoms with Crippen LogP contribution in [0.3, 0.4) is 0 Å². The third-order valence-electron chi connectivity index (χ3n) is 6.52. The Kier molecular flexibility index (Phi) is 5.54. The van der Waals surface area contributed by atoms with Gasteiger partial charge in [0.05, 0.1) is 10.0 Å². The summed E-state index contributed by atoms with van der Waals surface area (Å²) in [5, 5.41) is 1.00. The topological polar surface area (TPSA) is 23.6 Å². The van der Waals surface area contributed by atoms with E-state index in [0.717, 1.165) is 43.6 Å². The average molecular weight is 431 g/mol. The second-order valence-electron chi connectivity index (χ2n) is 9.00. The van der Waals surface area contributed by atoms with Gasteiger partial charge >= 0.3 is 0 Å². The van der Waals surface area contributed by atoms with Gasteiger partial charge in [0.25, 0.3) is 0 Å². The fourth-order valence-corrected chi connectivity index (χ4v) is 5.65. The predicted molar refractivity (Wildman–Crippen MR) is 120 cm³/mol. The minimum atomic E-state index is -0.741. The predicted octanol–water partition coefficient (Wildman–Crippen LogP) is 5.28. The number of halogens is 2. The zero-order chi connectivity index (χ0) is 20.8. The number of likely N-dealkylation sites (tertiary alicyclic amines) is 1. The molecular weight excluding hydrogens is 403 g/mol. The molecule has 1 fully saturated rings. The number of nitrogens with zero attached hydrogens (tertiary/aromatic N) is 2. The normalized spacial score (nSPS) is 24.4. The summed E-state index contributed by atoms with van der Waals surface area (Å²) >= 11 is 12.3. The van der Waals surface area contributed by atoms with Crippen molar-refractivity contribution in [2.24, 2.45) is 0 Å². The smallest absolute Gasteiger partial charge is 0.176 e. The van der Waals surface area contributed by atoms with Gasteiger partial charge in [-0.1, -0.05) is 67.4 Å². The molecular formula is C24H28Cl2N2O. The van der Waals surface area contributed by atoms with Crippen LogP contribution in [-0.2, 0) is 22.3 Å². The van der Waals surface area contributed by atoms with Gasteiger partial charge in [-0.25, -0.2) is 0 Å². The Bertz CT molecular complexity index is 936. The molecule has 0 radical (unpaired) electrons. The van der Waals surface area contributed by atoms with Gasteiger partial charge in [0, 0.05) is 31.5 Å². The SMILES string of the molecule is CN1CC(C)(C)c2ccccc2C1(C(=O)Cc1ccc(Cl)c(Cl)c1)N1CCCC1. The molecule has 1 atom stereocenters. The lowest BCUT2D eigenvalue weighted by Crippen LogP contribution is -2.66. The van der Waals surface area contributed by atoms with Crippen molar-refractivity contribution in [1.82, 2.24) is 9.80 Å². The van der Waals surface area contributed by atoms with Crippen LogP contribution >= 0.6 is 23.2 Å². The zero-order valence-electron chi connectivity index (χ0n) is 17.3. The number of carbonyl (C=O) groups excluding carboxylic acids is 1. The second kappa shape index (κ2) is 7.70. The molecule has 154 valence electrons. The average Bonchev–Trinajstić information content (AvgIpc) is 3.20. The Labute approximate surface area is 183 Å². The van der Waals surface area contributed by atoms with Crippen LogP contribution in [0, 0.1) is 0 Å². The Morgan fingerprint density at radius 2 is 1.66 bits per heavy atom. The highest BCUT2D eigenvalue weighted by molar-refractivity contribution is 6.42. The summed E-state index contributed by atoms with van der Waals surface area (Å²) in [6.07, 6.45) is 2.58. The molecule has 4 rings (SSSR count). The summed E-state index contributed by atoms with van der Waals surface area (Å²) in [6, 6.07) is 14.0. The Morgan fingerprint density at radius 1 is 1.00 bits per heavy atom. The highest BCUT2D eigenvalue weighted by Crippen LogP contribution is 2.46. The highest BCUT2D eigenvalue weighted by atomic mass is 35.5. The van der Waals surface area contributed by atoms with Crippen LogP contribution in [0.1, 0.15) is 43.4 Å². The molecule has 5 heteroatoms. The van der Waals surface area contributed by atoms with Crippen molar-refractivity contribution < 1.29 is 4.79 Å². The number of ketones is 1. The summed E-state index contributed by atoms with van der Waals surface area (Å²) in [5.74, 6) is 0.197.